The van der Waals surface area contributed by atoms with E-state index in [4.69, 9.17) is 9.47 Å². The van der Waals surface area contributed by atoms with E-state index >= 15 is 0 Å². The van der Waals surface area contributed by atoms with Gasteiger partial charge in [-0.25, -0.2) is 12.7 Å². The normalized spacial score (nSPS) is 20.2. The van der Waals surface area contributed by atoms with Crippen molar-refractivity contribution in [2.45, 2.75) is 12.3 Å². The van der Waals surface area contributed by atoms with Crippen LogP contribution in [0.1, 0.15) is 17.5 Å². The molecule has 0 bridgehead atoms. The van der Waals surface area contributed by atoms with E-state index in [2.05, 4.69) is 6.58 Å². The number of hydrogen-bond donors (Lipinski definition) is 0. The summed E-state index contributed by atoms with van der Waals surface area (Å²) < 4.78 is 37.0. The van der Waals surface area contributed by atoms with Gasteiger partial charge in [-0.1, -0.05) is 30.3 Å². The van der Waals surface area contributed by atoms with Gasteiger partial charge >= 0.3 is 0 Å². The molecule has 0 aromatic heterocycles. The van der Waals surface area contributed by atoms with E-state index in [9.17, 15) is 8.42 Å². The molecular weight excluding hydrogens is 290 g/mol. The number of fused-ring (bicyclic) bond motifs is 2. The molecule has 2 aliphatic heterocycles. The number of benzene rings is 1. The number of hydrogen-bond acceptors (Lipinski definition) is 4. The van der Waals surface area contributed by atoms with Gasteiger partial charge in [0.05, 0.1) is 19.5 Å². The maximum atomic E-state index is 12.2. The second-order valence-corrected chi connectivity index (χ2v) is 6.89. The van der Waals surface area contributed by atoms with Crippen LogP contribution in [0.2, 0.25) is 0 Å². The Morgan fingerprint density at radius 3 is 2.62 bits per heavy atom. The Morgan fingerprint density at radius 1 is 1.33 bits per heavy atom. The van der Waals surface area contributed by atoms with Crippen LogP contribution in [0.3, 0.4) is 0 Å². The molecule has 0 radical (unpaired) electrons. The van der Waals surface area contributed by atoms with E-state index in [0.717, 1.165) is 17.4 Å². The van der Waals surface area contributed by atoms with Crippen molar-refractivity contribution >= 4 is 15.6 Å². The molecule has 3 rings (SSSR count). The minimum absolute atomic E-state index is 0.352. The highest BCUT2D eigenvalue weighted by atomic mass is 32.2. The van der Waals surface area contributed by atoms with Crippen LogP contribution in [0.15, 0.2) is 43.1 Å². The molecule has 0 unspecified atom stereocenters. The third-order valence-electron chi connectivity index (χ3n) is 3.58. The second kappa shape index (κ2) is 4.98. The van der Waals surface area contributed by atoms with Crippen molar-refractivity contribution in [3.8, 4) is 0 Å². The van der Waals surface area contributed by atoms with Gasteiger partial charge in [0.1, 0.15) is 0 Å². The van der Waals surface area contributed by atoms with Crippen molar-refractivity contribution in [3.63, 3.8) is 0 Å². The highest BCUT2D eigenvalue weighted by molar-refractivity contribution is 7.88. The van der Waals surface area contributed by atoms with Gasteiger partial charge in [-0.3, -0.25) is 0 Å². The minimum atomic E-state index is -3.54. The smallest absolute Gasteiger partial charge is 0.293 e. The predicted octanol–water partition coefficient (Wildman–Crippen LogP) is 2.04. The molecular formula is C15H17NO4S. The van der Waals surface area contributed by atoms with Crippen LogP contribution in [-0.2, 0) is 25.4 Å². The number of ether oxygens (including phenoxy) is 2. The predicted molar refractivity (Wildman–Crippen MR) is 79.5 cm³/mol. The first-order chi connectivity index (χ1) is 9.99. The summed E-state index contributed by atoms with van der Waals surface area (Å²) in [7, 11) is -3.54. The Hall–Kier alpha value is -1.63. The SMILES string of the molecule is C=CCC1=CN(S(C)(=O)=O)C2(OCCO2)c2ccccc21. The summed E-state index contributed by atoms with van der Waals surface area (Å²) in [5.74, 6) is -1.38. The van der Waals surface area contributed by atoms with Crippen molar-refractivity contribution in [1.29, 1.82) is 0 Å². The van der Waals surface area contributed by atoms with Crippen LogP contribution in [0.25, 0.3) is 5.57 Å². The Labute approximate surface area is 124 Å². The molecule has 1 fully saturated rings. The van der Waals surface area contributed by atoms with E-state index in [1.165, 1.54) is 4.31 Å². The van der Waals surface area contributed by atoms with E-state index < -0.39 is 15.9 Å². The molecule has 6 heteroatoms. The van der Waals surface area contributed by atoms with Gasteiger partial charge in [-0.15, -0.1) is 6.58 Å². The maximum absolute atomic E-state index is 12.2. The lowest BCUT2D eigenvalue weighted by Gasteiger charge is -2.41. The number of allylic oxidation sites excluding steroid dienone is 2. The molecule has 1 spiro atoms. The van der Waals surface area contributed by atoms with Gasteiger partial charge in [0.25, 0.3) is 5.91 Å². The fraction of sp³-hybridized carbons (Fsp3) is 0.333. The van der Waals surface area contributed by atoms with Gasteiger partial charge in [0.15, 0.2) is 0 Å². The van der Waals surface area contributed by atoms with E-state index in [1.807, 2.05) is 24.3 Å². The molecule has 1 aromatic rings. The lowest BCUT2D eigenvalue weighted by molar-refractivity contribution is -0.226. The lowest BCUT2D eigenvalue weighted by Crippen LogP contribution is -2.49. The van der Waals surface area contributed by atoms with Gasteiger partial charge in [0, 0.05) is 11.8 Å². The molecule has 2 heterocycles. The van der Waals surface area contributed by atoms with Gasteiger partial charge in [-0.05, 0) is 17.6 Å². The topological polar surface area (TPSA) is 55.8 Å². The first kappa shape index (κ1) is 14.3. The largest absolute Gasteiger partial charge is 0.326 e. The fourth-order valence-electron chi connectivity index (χ4n) is 2.77. The first-order valence-electron chi connectivity index (χ1n) is 6.68. The molecule has 112 valence electrons. The minimum Gasteiger partial charge on any atom is -0.326 e. The summed E-state index contributed by atoms with van der Waals surface area (Å²) in [4.78, 5) is 0. The molecule has 2 aliphatic rings. The molecule has 0 saturated carbocycles. The molecule has 5 nitrogen and oxygen atoms in total. The van der Waals surface area contributed by atoms with Crippen molar-refractivity contribution in [2.75, 3.05) is 19.5 Å². The summed E-state index contributed by atoms with van der Waals surface area (Å²) >= 11 is 0. The monoisotopic (exact) mass is 307 g/mol. The Balaban J connectivity index is 2.26. The quantitative estimate of drug-likeness (QED) is 0.802. The average Bonchev–Trinajstić information content (AvgIpc) is 2.91. The molecule has 1 aromatic carbocycles. The van der Waals surface area contributed by atoms with Crippen LogP contribution in [0.5, 0.6) is 0 Å². The van der Waals surface area contributed by atoms with Crippen molar-refractivity contribution in [2.24, 2.45) is 0 Å². The number of rotatable bonds is 3. The summed E-state index contributed by atoms with van der Waals surface area (Å²) in [5, 5.41) is 0. The zero-order valence-corrected chi connectivity index (χ0v) is 12.6. The first-order valence-corrected chi connectivity index (χ1v) is 8.53. The highest BCUT2D eigenvalue weighted by Gasteiger charge is 2.51. The van der Waals surface area contributed by atoms with E-state index in [1.54, 1.807) is 12.3 Å². The van der Waals surface area contributed by atoms with Crippen LogP contribution >= 0.6 is 0 Å². The standard InChI is InChI=1S/C15H17NO4S/c1-3-6-12-11-16(21(2,17)18)15(19-9-10-20-15)14-8-5-4-7-13(12)14/h3-5,7-8,11H,1,6,9-10H2,2H3. The molecule has 0 N–H and O–H groups in total. The summed E-state index contributed by atoms with van der Waals surface area (Å²) in [6.45, 7) is 4.44. The van der Waals surface area contributed by atoms with Crippen molar-refractivity contribution in [1.82, 2.24) is 4.31 Å². The Morgan fingerprint density at radius 2 is 2.00 bits per heavy atom. The van der Waals surface area contributed by atoms with Gasteiger partial charge in [-0.2, -0.15) is 0 Å². The average molecular weight is 307 g/mol. The third-order valence-corrected chi connectivity index (χ3v) is 4.64. The second-order valence-electron chi connectivity index (χ2n) is 5.03. The van der Waals surface area contributed by atoms with Crippen LogP contribution < -0.4 is 0 Å². The highest BCUT2D eigenvalue weighted by Crippen LogP contribution is 2.45. The zero-order valence-electron chi connectivity index (χ0n) is 11.8. The Kier molecular flexibility index (Phi) is 3.39. The van der Waals surface area contributed by atoms with Crippen LogP contribution in [0, 0.1) is 0 Å². The molecule has 0 aliphatic carbocycles. The third kappa shape index (κ3) is 2.19. The van der Waals surface area contributed by atoms with Crippen LogP contribution in [0.4, 0.5) is 0 Å². The summed E-state index contributed by atoms with van der Waals surface area (Å²) in [6, 6.07) is 7.55. The van der Waals surface area contributed by atoms with Crippen LogP contribution in [-0.4, -0.2) is 32.2 Å². The molecule has 1 saturated heterocycles. The van der Waals surface area contributed by atoms with E-state index in [-0.39, 0.29) is 0 Å². The van der Waals surface area contributed by atoms with Crippen molar-refractivity contribution < 1.29 is 17.9 Å². The van der Waals surface area contributed by atoms with Gasteiger partial charge in [0.2, 0.25) is 10.0 Å². The summed E-state index contributed by atoms with van der Waals surface area (Å²) in [5.41, 5.74) is 2.52. The van der Waals surface area contributed by atoms with E-state index in [0.29, 0.717) is 25.2 Å². The molecule has 0 amide bonds. The number of sulfonamides is 1. The Bertz CT molecular complexity index is 702. The fourth-order valence-corrected chi connectivity index (χ4v) is 3.73. The van der Waals surface area contributed by atoms with Gasteiger partial charge < -0.3 is 9.47 Å². The maximum Gasteiger partial charge on any atom is 0.293 e. The lowest BCUT2D eigenvalue weighted by atomic mass is 9.93. The summed E-state index contributed by atoms with van der Waals surface area (Å²) in [6.07, 6.45) is 5.05. The molecule has 0 atom stereocenters. The van der Waals surface area contributed by atoms with Crippen molar-refractivity contribution in [3.05, 3.63) is 54.2 Å². The number of nitrogens with zero attached hydrogens (tertiary/aromatic N) is 1. The molecule has 21 heavy (non-hydrogen) atoms. The zero-order chi connectivity index (χ0) is 15.1.